The lowest BCUT2D eigenvalue weighted by atomic mass is 9.70. The molecule has 1 aliphatic rings. The maximum atomic E-state index is 9.69. The van der Waals surface area contributed by atoms with Gasteiger partial charge >= 0.3 is 0 Å². The van der Waals surface area contributed by atoms with Gasteiger partial charge in [0.25, 0.3) is 0 Å². The Balaban J connectivity index is 2.16. The van der Waals surface area contributed by atoms with Crippen molar-refractivity contribution in [2.75, 3.05) is 0 Å². The topological polar surface area (TPSA) is 86.7 Å². The van der Waals surface area contributed by atoms with E-state index < -0.39 is 18.4 Å². The third-order valence-corrected chi connectivity index (χ3v) is 5.10. The zero-order valence-electron chi connectivity index (χ0n) is 11.6. The first-order valence-electron chi connectivity index (χ1n) is 7.15. The summed E-state index contributed by atoms with van der Waals surface area (Å²) in [6, 6.07) is 4.81. The number of aliphatic hydroxyl groups excluding tert-OH is 2. The van der Waals surface area contributed by atoms with E-state index in [1.54, 1.807) is 6.07 Å². The molecule has 2 rings (SSSR count). The standard InChI is InChI=1S/C15H21Cl2NO3/c16-11-5-4-9(6-12(11)17)10(8-2-1-3-8)7-13(18)14(19)15(20)21/h4-6,8,10,13-15,19-21H,1-3,7,18H2. The van der Waals surface area contributed by atoms with E-state index in [4.69, 9.17) is 39.1 Å². The van der Waals surface area contributed by atoms with E-state index in [0.29, 0.717) is 22.4 Å². The van der Waals surface area contributed by atoms with Crippen molar-refractivity contribution < 1.29 is 15.3 Å². The van der Waals surface area contributed by atoms with Gasteiger partial charge in [0, 0.05) is 6.04 Å². The second kappa shape index (κ2) is 7.27. The Morgan fingerprint density at radius 2 is 1.81 bits per heavy atom. The maximum absolute atomic E-state index is 9.69. The Morgan fingerprint density at radius 1 is 1.14 bits per heavy atom. The minimum atomic E-state index is -1.82. The van der Waals surface area contributed by atoms with Crippen LogP contribution >= 0.6 is 23.2 Å². The van der Waals surface area contributed by atoms with Crippen molar-refractivity contribution in [3.05, 3.63) is 33.8 Å². The molecule has 0 spiro atoms. The molecule has 1 aliphatic carbocycles. The van der Waals surface area contributed by atoms with Gasteiger partial charge in [0.1, 0.15) is 6.10 Å². The lowest BCUT2D eigenvalue weighted by Crippen LogP contribution is -2.44. The van der Waals surface area contributed by atoms with Crippen LogP contribution in [0.2, 0.25) is 10.0 Å². The molecule has 3 atom stereocenters. The predicted molar refractivity (Wildman–Crippen MR) is 83.4 cm³/mol. The summed E-state index contributed by atoms with van der Waals surface area (Å²) in [5.74, 6) is 0.619. The molecule has 1 saturated carbocycles. The average Bonchev–Trinajstić information content (AvgIpc) is 2.38. The summed E-state index contributed by atoms with van der Waals surface area (Å²) in [7, 11) is 0. The van der Waals surface area contributed by atoms with E-state index in [1.807, 2.05) is 12.1 Å². The molecule has 6 heteroatoms. The van der Waals surface area contributed by atoms with Crippen LogP contribution in [-0.4, -0.2) is 33.8 Å². The molecule has 0 saturated heterocycles. The van der Waals surface area contributed by atoms with E-state index in [0.717, 1.165) is 18.4 Å². The van der Waals surface area contributed by atoms with Crippen LogP contribution in [0.1, 0.15) is 37.2 Å². The summed E-state index contributed by atoms with van der Waals surface area (Å²) in [5, 5.41) is 28.8. The quantitative estimate of drug-likeness (QED) is 0.601. The number of halogens is 2. The van der Waals surface area contributed by atoms with Gasteiger partial charge in [-0.2, -0.15) is 0 Å². The molecule has 0 heterocycles. The van der Waals surface area contributed by atoms with E-state index >= 15 is 0 Å². The summed E-state index contributed by atoms with van der Waals surface area (Å²) < 4.78 is 0. The van der Waals surface area contributed by atoms with Crippen molar-refractivity contribution >= 4 is 23.2 Å². The normalized spacial score (nSPS) is 20.1. The summed E-state index contributed by atoms with van der Waals surface area (Å²) in [5.41, 5.74) is 6.94. The zero-order valence-corrected chi connectivity index (χ0v) is 13.1. The molecule has 1 fully saturated rings. The van der Waals surface area contributed by atoms with Crippen molar-refractivity contribution in [1.29, 1.82) is 0 Å². The van der Waals surface area contributed by atoms with Gasteiger partial charge in [-0.25, -0.2) is 0 Å². The van der Waals surface area contributed by atoms with Crippen molar-refractivity contribution in [2.45, 2.75) is 50.0 Å². The van der Waals surface area contributed by atoms with Gasteiger partial charge in [-0.3, -0.25) is 0 Å². The highest BCUT2D eigenvalue weighted by atomic mass is 35.5. The fraction of sp³-hybridized carbons (Fsp3) is 0.600. The molecular weight excluding hydrogens is 313 g/mol. The first-order chi connectivity index (χ1) is 9.90. The van der Waals surface area contributed by atoms with Crippen molar-refractivity contribution in [2.24, 2.45) is 11.7 Å². The van der Waals surface area contributed by atoms with Crippen LogP contribution < -0.4 is 5.73 Å². The fourth-order valence-corrected chi connectivity index (χ4v) is 3.15. The van der Waals surface area contributed by atoms with E-state index in [1.165, 1.54) is 6.42 Å². The lowest BCUT2D eigenvalue weighted by Gasteiger charge is -2.36. The minimum Gasteiger partial charge on any atom is -0.386 e. The smallest absolute Gasteiger partial charge is 0.179 e. The molecule has 118 valence electrons. The zero-order chi connectivity index (χ0) is 15.6. The van der Waals surface area contributed by atoms with Crippen LogP contribution in [-0.2, 0) is 0 Å². The Labute approximate surface area is 134 Å². The highest BCUT2D eigenvalue weighted by molar-refractivity contribution is 6.42. The maximum Gasteiger partial charge on any atom is 0.179 e. The molecule has 5 N–H and O–H groups in total. The minimum absolute atomic E-state index is 0.136. The molecular formula is C15H21Cl2NO3. The molecule has 3 unspecified atom stereocenters. The molecule has 0 aromatic heterocycles. The third-order valence-electron chi connectivity index (χ3n) is 4.36. The Kier molecular flexibility index (Phi) is 5.88. The first-order valence-corrected chi connectivity index (χ1v) is 7.90. The van der Waals surface area contributed by atoms with Gasteiger partial charge in [0.2, 0.25) is 0 Å². The molecule has 0 radical (unpaired) electrons. The largest absolute Gasteiger partial charge is 0.386 e. The average molecular weight is 334 g/mol. The third kappa shape index (κ3) is 4.09. The Morgan fingerprint density at radius 3 is 2.29 bits per heavy atom. The van der Waals surface area contributed by atoms with Gasteiger partial charge in [0.15, 0.2) is 6.29 Å². The van der Waals surface area contributed by atoms with Crippen LogP contribution in [0.4, 0.5) is 0 Å². The Hall–Kier alpha value is -0.360. The lowest BCUT2D eigenvalue weighted by molar-refractivity contribution is -0.130. The highest BCUT2D eigenvalue weighted by Crippen LogP contribution is 2.43. The summed E-state index contributed by atoms with van der Waals surface area (Å²) in [6.07, 6.45) is 0.695. The Bertz CT molecular complexity index is 480. The van der Waals surface area contributed by atoms with Crippen LogP contribution in [0.3, 0.4) is 0 Å². The van der Waals surface area contributed by atoms with Gasteiger partial charge in [0.05, 0.1) is 10.0 Å². The SMILES string of the molecule is NC(CC(c1ccc(Cl)c(Cl)c1)C1CCC1)C(O)C(O)O. The number of hydrogen-bond acceptors (Lipinski definition) is 4. The molecule has 0 bridgehead atoms. The molecule has 21 heavy (non-hydrogen) atoms. The summed E-state index contributed by atoms with van der Waals surface area (Å²) >= 11 is 12.0. The van der Waals surface area contributed by atoms with Crippen molar-refractivity contribution in [1.82, 2.24) is 0 Å². The first kappa shape index (κ1) is 17.0. The number of benzene rings is 1. The highest BCUT2D eigenvalue weighted by Gasteiger charge is 2.33. The van der Waals surface area contributed by atoms with Gasteiger partial charge in [-0.1, -0.05) is 35.7 Å². The molecule has 4 nitrogen and oxygen atoms in total. The summed E-state index contributed by atoms with van der Waals surface area (Å²) in [4.78, 5) is 0. The molecule has 1 aromatic carbocycles. The predicted octanol–water partition coefficient (Wildman–Crippen LogP) is 2.27. The number of hydrogen-bond donors (Lipinski definition) is 4. The number of rotatable bonds is 6. The molecule has 0 amide bonds. The van der Waals surface area contributed by atoms with Crippen molar-refractivity contribution in [3.63, 3.8) is 0 Å². The molecule has 0 aliphatic heterocycles. The monoisotopic (exact) mass is 333 g/mol. The second-order valence-corrected chi connectivity index (χ2v) is 6.59. The van der Waals surface area contributed by atoms with E-state index in [9.17, 15) is 5.11 Å². The second-order valence-electron chi connectivity index (χ2n) is 5.77. The van der Waals surface area contributed by atoms with Crippen LogP contribution in [0.25, 0.3) is 0 Å². The summed E-state index contributed by atoms with van der Waals surface area (Å²) in [6.45, 7) is 0. The van der Waals surface area contributed by atoms with Gasteiger partial charge in [-0.15, -0.1) is 0 Å². The van der Waals surface area contributed by atoms with Gasteiger partial charge < -0.3 is 21.1 Å². The van der Waals surface area contributed by atoms with Gasteiger partial charge in [-0.05, 0) is 48.8 Å². The fourth-order valence-electron chi connectivity index (χ4n) is 2.84. The van der Waals surface area contributed by atoms with E-state index in [2.05, 4.69) is 0 Å². The van der Waals surface area contributed by atoms with Crippen molar-refractivity contribution in [3.8, 4) is 0 Å². The number of nitrogens with two attached hydrogens (primary N) is 1. The number of aliphatic hydroxyl groups is 3. The van der Waals surface area contributed by atoms with Crippen LogP contribution in [0.5, 0.6) is 0 Å². The van der Waals surface area contributed by atoms with E-state index in [-0.39, 0.29) is 5.92 Å². The van der Waals surface area contributed by atoms with Crippen LogP contribution in [0, 0.1) is 5.92 Å². The van der Waals surface area contributed by atoms with Crippen LogP contribution in [0.15, 0.2) is 18.2 Å². The molecule has 1 aromatic rings.